The molecule has 0 saturated carbocycles. The van der Waals surface area contributed by atoms with Gasteiger partial charge < -0.3 is 14.5 Å². The Hall–Kier alpha value is -3.47. The SMILES string of the molecule is O=C(COC(=O)Cn1c(=O)oc2cc([N+](=O)[O-])ccc21)NCCc1cccs1. The fourth-order valence-corrected chi connectivity index (χ4v) is 3.18. The number of oxazole rings is 1. The van der Waals surface area contributed by atoms with Crippen LogP contribution < -0.4 is 11.1 Å². The van der Waals surface area contributed by atoms with Crippen molar-refractivity contribution in [2.75, 3.05) is 13.2 Å². The number of non-ortho nitro benzene ring substituents is 1. The summed E-state index contributed by atoms with van der Waals surface area (Å²) >= 11 is 1.58. The van der Waals surface area contributed by atoms with E-state index >= 15 is 0 Å². The molecule has 0 bridgehead atoms. The zero-order chi connectivity index (χ0) is 20.1. The Morgan fingerprint density at radius 3 is 2.86 bits per heavy atom. The molecule has 11 heteroatoms. The van der Waals surface area contributed by atoms with Crippen molar-refractivity contribution in [3.05, 3.63) is 61.3 Å². The third-order valence-electron chi connectivity index (χ3n) is 3.79. The van der Waals surface area contributed by atoms with Gasteiger partial charge in [-0.05, 0) is 23.9 Å². The summed E-state index contributed by atoms with van der Waals surface area (Å²) < 4.78 is 10.8. The zero-order valence-corrected chi connectivity index (χ0v) is 15.3. The normalized spacial score (nSPS) is 10.7. The largest absolute Gasteiger partial charge is 0.454 e. The first-order valence-electron chi connectivity index (χ1n) is 8.16. The number of nitrogens with zero attached hydrogens (tertiary/aromatic N) is 2. The van der Waals surface area contributed by atoms with E-state index in [9.17, 15) is 24.5 Å². The molecule has 0 aliphatic heterocycles. The van der Waals surface area contributed by atoms with Gasteiger partial charge in [-0.1, -0.05) is 6.07 Å². The number of rotatable bonds is 8. The summed E-state index contributed by atoms with van der Waals surface area (Å²) in [6.07, 6.45) is 0.680. The first kappa shape index (κ1) is 19.3. The van der Waals surface area contributed by atoms with Gasteiger partial charge >= 0.3 is 11.7 Å². The number of nitrogens with one attached hydrogen (secondary N) is 1. The molecule has 1 amide bonds. The first-order chi connectivity index (χ1) is 13.4. The Bertz CT molecular complexity index is 1070. The number of carbonyl (C=O) groups is 2. The molecule has 0 saturated heterocycles. The second kappa shape index (κ2) is 8.48. The van der Waals surface area contributed by atoms with Crippen molar-refractivity contribution < 1.29 is 23.7 Å². The fraction of sp³-hybridized carbons (Fsp3) is 0.235. The second-order valence-corrected chi connectivity index (χ2v) is 6.74. The Balaban J connectivity index is 1.53. The molecule has 10 nitrogen and oxygen atoms in total. The Labute approximate surface area is 161 Å². The van der Waals surface area contributed by atoms with E-state index in [0.29, 0.717) is 13.0 Å². The average molecular weight is 405 g/mol. The molecule has 0 aliphatic rings. The van der Waals surface area contributed by atoms with Crippen LogP contribution >= 0.6 is 11.3 Å². The maximum atomic E-state index is 11.9. The Morgan fingerprint density at radius 1 is 1.32 bits per heavy atom. The van der Waals surface area contributed by atoms with Gasteiger partial charge in [0, 0.05) is 17.5 Å². The van der Waals surface area contributed by atoms with Gasteiger partial charge in [0.05, 0.1) is 16.5 Å². The first-order valence-corrected chi connectivity index (χ1v) is 9.04. The number of nitro groups is 1. The Kier molecular flexibility index (Phi) is 5.84. The smallest absolute Gasteiger partial charge is 0.420 e. The van der Waals surface area contributed by atoms with E-state index in [1.165, 1.54) is 12.1 Å². The van der Waals surface area contributed by atoms with Crippen LogP contribution in [-0.2, 0) is 27.3 Å². The number of hydrogen-bond donors (Lipinski definition) is 1. The monoisotopic (exact) mass is 405 g/mol. The summed E-state index contributed by atoms with van der Waals surface area (Å²) in [5.41, 5.74) is -0.0403. The lowest BCUT2D eigenvalue weighted by Gasteiger charge is -2.06. The van der Waals surface area contributed by atoms with Crippen LogP contribution in [0.2, 0.25) is 0 Å². The molecule has 0 spiro atoms. The predicted molar refractivity (Wildman–Crippen MR) is 99.1 cm³/mol. The molecule has 146 valence electrons. The van der Waals surface area contributed by atoms with Crippen LogP contribution in [0.15, 0.2) is 44.9 Å². The number of nitro benzene ring substituents is 1. The van der Waals surface area contributed by atoms with Gasteiger partial charge in [-0.25, -0.2) is 4.79 Å². The number of carbonyl (C=O) groups excluding carboxylic acids is 2. The van der Waals surface area contributed by atoms with Crippen LogP contribution in [0.1, 0.15) is 4.88 Å². The highest BCUT2D eigenvalue weighted by Crippen LogP contribution is 2.20. The van der Waals surface area contributed by atoms with E-state index in [0.717, 1.165) is 15.5 Å². The lowest BCUT2D eigenvalue weighted by Crippen LogP contribution is -2.31. The number of esters is 1. The van der Waals surface area contributed by atoms with Crippen LogP contribution in [0.3, 0.4) is 0 Å². The topological polar surface area (TPSA) is 134 Å². The van der Waals surface area contributed by atoms with Crippen LogP contribution in [0.5, 0.6) is 0 Å². The molecule has 0 aliphatic carbocycles. The molecule has 3 aromatic rings. The van der Waals surface area contributed by atoms with Gasteiger partial charge in [-0.2, -0.15) is 0 Å². The van der Waals surface area contributed by atoms with Gasteiger partial charge in [-0.3, -0.25) is 24.3 Å². The van der Waals surface area contributed by atoms with Gasteiger partial charge in [-0.15, -0.1) is 11.3 Å². The van der Waals surface area contributed by atoms with Crippen molar-refractivity contribution in [2.45, 2.75) is 13.0 Å². The molecule has 0 unspecified atom stereocenters. The van der Waals surface area contributed by atoms with Crippen molar-refractivity contribution in [1.29, 1.82) is 0 Å². The van der Waals surface area contributed by atoms with Crippen molar-refractivity contribution >= 4 is 40.0 Å². The number of benzene rings is 1. The third kappa shape index (κ3) is 4.62. The second-order valence-electron chi connectivity index (χ2n) is 5.70. The van der Waals surface area contributed by atoms with Gasteiger partial charge in [0.1, 0.15) is 6.54 Å². The third-order valence-corrected chi connectivity index (χ3v) is 4.72. The van der Waals surface area contributed by atoms with E-state index in [4.69, 9.17) is 9.15 Å². The summed E-state index contributed by atoms with van der Waals surface area (Å²) in [4.78, 5) is 46.8. The van der Waals surface area contributed by atoms with E-state index in [1.54, 1.807) is 11.3 Å². The van der Waals surface area contributed by atoms with Crippen molar-refractivity contribution in [1.82, 2.24) is 9.88 Å². The van der Waals surface area contributed by atoms with E-state index < -0.39 is 35.7 Å². The van der Waals surface area contributed by atoms with Crippen molar-refractivity contribution in [3.8, 4) is 0 Å². The molecule has 28 heavy (non-hydrogen) atoms. The highest BCUT2D eigenvalue weighted by molar-refractivity contribution is 7.09. The molecular formula is C17H15N3O7S. The number of hydrogen-bond acceptors (Lipinski definition) is 8. The standard InChI is InChI=1S/C17H15N3O7S/c21-15(18-6-5-12-2-1-7-28-12)10-26-16(22)9-19-13-4-3-11(20(24)25)8-14(13)27-17(19)23/h1-4,7-8H,5-6,9-10H2,(H,18,21). The number of aromatic nitrogens is 1. The molecular weight excluding hydrogens is 390 g/mol. The van der Waals surface area contributed by atoms with Crippen molar-refractivity contribution in [3.63, 3.8) is 0 Å². The minimum absolute atomic E-state index is 0.0154. The summed E-state index contributed by atoms with van der Waals surface area (Å²) in [5.74, 6) is -2.12. The average Bonchev–Trinajstić information content (AvgIpc) is 3.28. The Morgan fingerprint density at radius 2 is 2.14 bits per heavy atom. The maximum Gasteiger partial charge on any atom is 0.420 e. The minimum atomic E-state index is -0.854. The number of fused-ring (bicyclic) bond motifs is 1. The van der Waals surface area contributed by atoms with Gasteiger partial charge in [0.2, 0.25) is 0 Å². The molecule has 2 aromatic heterocycles. The molecule has 0 atom stereocenters. The number of thiophene rings is 1. The summed E-state index contributed by atoms with van der Waals surface area (Å²) in [6.45, 7) is -0.535. The van der Waals surface area contributed by atoms with Gasteiger partial charge in [0.25, 0.3) is 11.6 Å². The molecule has 1 N–H and O–H groups in total. The summed E-state index contributed by atoms with van der Waals surface area (Å²) in [7, 11) is 0. The molecule has 0 fully saturated rings. The summed E-state index contributed by atoms with van der Waals surface area (Å²) in [6, 6.07) is 7.48. The highest BCUT2D eigenvalue weighted by atomic mass is 32.1. The minimum Gasteiger partial charge on any atom is -0.454 e. The van der Waals surface area contributed by atoms with E-state index in [1.807, 2.05) is 17.5 Å². The molecule has 0 radical (unpaired) electrons. The summed E-state index contributed by atoms with van der Waals surface area (Å²) in [5, 5.41) is 15.3. The van der Waals surface area contributed by atoms with Gasteiger partial charge in [0.15, 0.2) is 12.2 Å². The molecule has 3 rings (SSSR count). The van der Waals surface area contributed by atoms with Crippen molar-refractivity contribution in [2.24, 2.45) is 0 Å². The predicted octanol–water partition coefficient (Wildman–Crippen LogP) is 1.47. The van der Waals surface area contributed by atoms with E-state index in [2.05, 4.69) is 5.32 Å². The quantitative estimate of drug-likeness (QED) is 0.341. The number of ether oxygens (including phenoxy) is 1. The highest BCUT2D eigenvalue weighted by Gasteiger charge is 2.17. The zero-order valence-electron chi connectivity index (χ0n) is 14.5. The molecule has 2 heterocycles. The lowest BCUT2D eigenvalue weighted by molar-refractivity contribution is -0.384. The maximum absolute atomic E-state index is 11.9. The van der Waals surface area contributed by atoms with Crippen LogP contribution in [0, 0.1) is 10.1 Å². The van der Waals surface area contributed by atoms with Crippen LogP contribution in [0.25, 0.3) is 11.1 Å². The van der Waals surface area contributed by atoms with Crippen LogP contribution in [-0.4, -0.2) is 34.5 Å². The fourth-order valence-electron chi connectivity index (χ4n) is 2.47. The van der Waals surface area contributed by atoms with Crippen LogP contribution in [0.4, 0.5) is 5.69 Å². The lowest BCUT2D eigenvalue weighted by atomic mass is 10.3. The molecule has 1 aromatic carbocycles. The number of amides is 1. The van der Waals surface area contributed by atoms with E-state index in [-0.39, 0.29) is 16.8 Å².